The van der Waals surface area contributed by atoms with E-state index >= 15 is 0 Å². The molecule has 1 saturated heterocycles. The standard InChI is InChI=1S/C34H30F3N9O/c1-44-19-41-43-32(44)25-6-4-20(15-39)10-26(25)23-13-30(40-8-2-7-38)42-31(14-23)46-18-28-27(33(46)47)11-22(12-29(28)34(35,36)37)17-45-16-21-3-5-24(45)9-21/h4,6,10-14,19,21,24H,2-3,5,8-9,16-18H2,1H3,(H,40,42). The maximum Gasteiger partial charge on any atom is 0.416 e. The summed E-state index contributed by atoms with van der Waals surface area (Å²) in [6.07, 6.45) is 0.364. The number of pyridine rings is 1. The summed E-state index contributed by atoms with van der Waals surface area (Å²) >= 11 is 0. The molecule has 3 aliphatic rings. The molecule has 2 unspecified atom stereocenters. The molecule has 13 heteroatoms. The molecule has 1 aliphatic carbocycles. The monoisotopic (exact) mass is 637 g/mol. The first-order chi connectivity index (χ1) is 22.6. The summed E-state index contributed by atoms with van der Waals surface area (Å²) in [6, 6.07) is 15.8. The summed E-state index contributed by atoms with van der Waals surface area (Å²) in [5, 5.41) is 30.1. The number of aromatic nitrogens is 4. The first-order valence-corrected chi connectivity index (χ1v) is 15.4. The summed E-state index contributed by atoms with van der Waals surface area (Å²) in [4.78, 5) is 22.1. The van der Waals surface area contributed by atoms with Crippen LogP contribution in [-0.2, 0) is 26.3 Å². The van der Waals surface area contributed by atoms with E-state index in [1.165, 1.54) is 11.0 Å². The number of carbonyl (C=O) groups excluding carboxylic acids is 1. The van der Waals surface area contributed by atoms with Gasteiger partial charge in [0.2, 0.25) is 0 Å². The number of fused-ring (bicyclic) bond motifs is 3. The molecule has 10 nitrogen and oxygen atoms in total. The predicted octanol–water partition coefficient (Wildman–Crippen LogP) is 5.90. The van der Waals surface area contributed by atoms with Crippen molar-refractivity contribution in [3.63, 3.8) is 0 Å². The van der Waals surface area contributed by atoms with Gasteiger partial charge in [0.1, 0.15) is 18.0 Å². The van der Waals surface area contributed by atoms with Crippen molar-refractivity contribution in [2.45, 2.75) is 51.0 Å². The average Bonchev–Trinajstić information content (AvgIpc) is 3.85. The molecule has 2 atom stereocenters. The molecule has 0 radical (unpaired) electrons. The molecule has 2 aliphatic heterocycles. The smallest absolute Gasteiger partial charge is 0.369 e. The number of rotatable bonds is 8. The molecule has 4 aromatic rings. The van der Waals surface area contributed by atoms with Crippen LogP contribution in [0.1, 0.15) is 58.3 Å². The summed E-state index contributed by atoms with van der Waals surface area (Å²) in [7, 11) is 1.78. The highest BCUT2D eigenvalue weighted by Gasteiger charge is 2.42. The van der Waals surface area contributed by atoms with Gasteiger partial charge in [0.05, 0.1) is 36.2 Å². The molecule has 1 N–H and O–H groups in total. The van der Waals surface area contributed by atoms with Gasteiger partial charge in [0.15, 0.2) is 5.82 Å². The number of nitriles is 2. The Labute approximate surface area is 269 Å². The zero-order chi connectivity index (χ0) is 32.9. The Morgan fingerprint density at radius 1 is 1.06 bits per heavy atom. The number of halogens is 3. The highest BCUT2D eigenvalue weighted by atomic mass is 19.4. The fourth-order valence-corrected chi connectivity index (χ4v) is 7.17. The number of nitrogens with one attached hydrogen (secondary N) is 1. The lowest BCUT2D eigenvalue weighted by Gasteiger charge is -2.27. The van der Waals surface area contributed by atoms with E-state index in [9.17, 15) is 23.2 Å². The zero-order valence-corrected chi connectivity index (χ0v) is 25.6. The number of aryl methyl sites for hydroxylation is 1. The number of hydrogen-bond donors (Lipinski definition) is 1. The van der Waals surface area contributed by atoms with Gasteiger partial charge in [0.25, 0.3) is 5.91 Å². The fourth-order valence-electron chi connectivity index (χ4n) is 7.17. The van der Waals surface area contributed by atoms with E-state index in [4.69, 9.17) is 5.26 Å². The third-order valence-electron chi connectivity index (χ3n) is 9.36. The number of hydrogen-bond acceptors (Lipinski definition) is 8. The number of nitrogens with zero attached hydrogens (tertiary/aromatic N) is 8. The minimum absolute atomic E-state index is 0.0247. The molecule has 4 heterocycles. The molecular weight excluding hydrogens is 607 g/mol. The van der Waals surface area contributed by atoms with Gasteiger partial charge in [-0.3, -0.25) is 14.6 Å². The van der Waals surface area contributed by atoms with Crippen LogP contribution in [0.15, 0.2) is 48.8 Å². The minimum atomic E-state index is -4.65. The average molecular weight is 638 g/mol. The first-order valence-electron chi connectivity index (χ1n) is 15.4. The number of anilines is 2. The summed E-state index contributed by atoms with van der Waals surface area (Å²) in [5.74, 6) is 1.01. The number of benzene rings is 2. The Morgan fingerprint density at radius 3 is 2.60 bits per heavy atom. The third-order valence-corrected chi connectivity index (χ3v) is 9.36. The molecule has 1 saturated carbocycles. The second-order valence-electron chi connectivity index (χ2n) is 12.4. The number of carbonyl (C=O) groups is 1. The molecule has 2 aromatic heterocycles. The zero-order valence-electron chi connectivity index (χ0n) is 25.6. The van der Waals surface area contributed by atoms with Gasteiger partial charge < -0.3 is 9.88 Å². The van der Waals surface area contributed by atoms with Crippen molar-refractivity contribution in [1.29, 1.82) is 10.5 Å². The van der Waals surface area contributed by atoms with Crippen molar-refractivity contribution in [3.05, 3.63) is 76.6 Å². The predicted molar refractivity (Wildman–Crippen MR) is 167 cm³/mol. The Morgan fingerprint density at radius 2 is 1.91 bits per heavy atom. The lowest BCUT2D eigenvalue weighted by Crippen LogP contribution is -2.31. The number of piperidine rings is 1. The lowest BCUT2D eigenvalue weighted by molar-refractivity contribution is -0.138. The van der Waals surface area contributed by atoms with Crippen LogP contribution in [0.4, 0.5) is 24.8 Å². The van der Waals surface area contributed by atoms with Crippen molar-refractivity contribution in [3.8, 4) is 34.7 Å². The normalized spacial score (nSPS) is 18.8. The maximum atomic E-state index is 14.5. The Hall–Kier alpha value is -5.27. The molecule has 238 valence electrons. The number of alkyl halides is 3. The van der Waals surface area contributed by atoms with Crippen LogP contribution in [0.3, 0.4) is 0 Å². The summed E-state index contributed by atoms with van der Waals surface area (Å²) < 4.78 is 45.3. The van der Waals surface area contributed by atoms with E-state index in [1.54, 1.807) is 54.3 Å². The minimum Gasteiger partial charge on any atom is -0.369 e. The van der Waals surface area contributed by atoms with Gasteiger partial charge in [-0.05, 0) is 89.9 Å². The highest BCUT2D eigenvalue weighted by Crippen LogP contribution is 2.43. The molecule has 7 rings (SSSR count). The Balaban J connectivity index is 1.31. The van der Waals surface area contributed by atoms with Crippen LogP contribution in [0.5, 0.6) is 0 Å². The van der Waals surface area contributed by atoms with Crippen molar-refractivity contribution in [2.24, 2.45) is 13.0 Å². The van der Waals surface area contributed by atoms with Gasteiger partial charge in [-0.1, -0.05) is 0 Å². The maximum absolute atomic E-state index is 14.5. The quantitative estimate of drug-likeness (QED) is 0.237. The number of amides is 1. The van der Waals surface area contributed by atoms with Gasteiger partial charge in [-0.15, -0.1) is 10.2 Å². The third kappa shape index (κ3) is 5.68. The van der Waals surface area contributed by atoms with Gasteiger partial charge in [0, 0.05) is 43.9 Å². The molecule has 2 fully saturated rings. The van der Waals surface area contributed by atoms with Crippen LogP contribution in [0, 0.1) is 28.6 Å². The molecule has 47 heavy (non-hydrogen) atoms. The number of likely N-dealkylation sites (tertiary alicyclic amines) is 1. The SMILES string of the molecule is Cn1cnnc1-c1ccc(C#N)cc1-c1cc(NCCC#N)nc(N2Cc3c(cc(CN4CC5CCC4C5)cc3C(F)(F)F)C2=O)c1. The molecule has 2 aromatic carbocycles. The van der Waals surface area contributed by atoms with Crippen molar-refractivity contribution < 1.29 is 18.0 Å². The van der Waals surface area contributed by atoms with Crippen LogP contribution >= 0.6 is 0 Å². The fraction of sp³-hybridized carbons (Fsp3) is 0.353. The van der Waals surface area contributed by atoms with E-state index in [-0.39, 0.29) is 36.5 Å². The topological polar surface area (TPSA) is 127 Å². The van der Waals surface area contributed by atoms with Gasteiger partial charge >= 0.3 is 6.18 Å². The van der Waals surface area contributed by atoms with Crippen LogP contribution in [-0.4, -0.2) is 49.7 Å². The van der Waals surface area contributed by atoms with E-state index in [0.29, 0.717) is 58.0 Å². The van der Waals surface area contributed by atoms with Crippen molar-refractivity contribution in [2.75, 3.05) is 23.3 Å². The lowest BCUT2D eigenvalue weighted by atomic mass is 9.97. The second-order valence-corrected chi connectivity index (χ2v) is 12.4. The molecule has 2 bridgehead atoms. The van der Waals surface area contributed by atoms with Gasteiger partial charge in [-0.2, -0.15) is 23.7 Å². The van der Waals surface area contributed by atoms with E-state index in [1.807, 2.05) is 0 Å². The van der Waals surface area contributed by atoms with Crippen LogP contribution in [0.25, 0.3) is 22.5 Å². The van der Waals surface area contributed by atoms with E-state index in [0.717, 1.165) is 25.8 Å². The molecular formula is C34H30F3N9O. The molecule has 0 spiro atoms. The van der Waals surface area contributed by atoms with E-state index < -0.39 is 17.6 Å². The summed E-state index contributed by atoms with van der Waals surface area (Å²) in [5.41, 5.74) is 1.79. The second kappa shape index (κ2) is 11.8. The molecule has 1 amide bonds. The Kier molecular flexibility index (Phi) is 7.65. The van der Waals surface area contributed by atoms with Crippen LogP contribution < -0.4 is 10.2 Å². The van der Waals surface area contributed by atoms with Crippen LogP contribution in [0.2, 0.25) is 0 Å². The first kappa shape index (κ1) is 30.4. The van der Waals surface area contributed by atoms with Crippen molar-refractivity contribution >= 4 is 17.5 Å². The largest absolute Gasteiger partial charge is 0.416 e. The van der Waals surface area contributed by atoms with Crippen molar-refractivity contribution in [1.82, 2.24) is 24.6 Å². The highest BCUT2D eigenvalue weighted by molar-refractivity contribution is 6.10. The van der Waals surface area contributed by atoms with Gasteiger partial charge in [-0.25, -0.2) is 4.98 Å². The van der Waals surface area contributed by atoms with E-state index in [2.05, 4.69) is 37.5 Å². The summed E-state index contributed by atoms with van der Waals surface area (Å²) in [6.45, 7) is 1.19. The Bertz CT molecular complexity index is 1970.